The largest absolute Gasteiger partial charge is 0.445 e. The second-order valence-electron chi connectivity index (χ2n) is 5.32. The number of alkyl carbamates (subject to hydrolysis) is 1. The molecule has 4 N–H and O–H groups in total. The number of amides is 2. The predicted octanol–water partition coefficient (Wildman–Crippen LogP) is 2.40. The van der Waals surface area contributed by atoms with Crippen LogP contribution in [0.2, 0.25) is 0 Å². The third-order valence-corrected chi connectivity index (χ3v) is 3.37. The van der Waals surface area contributed by atoms with Gasteiger partial charge in [0.25, 0.3) is 0 Å². The number of hydrogen-bond donors (Lipinski definition) is 3. The average molecular weight is 327 g/mol. The first-order chi connectivity index (χ1) is 11.6. The zero-order valence-corrected chi connectivity index (χ0v) is 13.5. The lowest BCUT2D eigenvalue weighted by Gasteiger charge is -2.14. The number of carbonyl (C=O) groups is 2. The summed E-state index contributed by atoms with van der Waals surface area (Å²) in [6.07, 6.45) is -0.641. The zero-order valence-electron chi connectivity index (χ0n) is 13.5. The predicted molar refractivity (Wildman–Crippen MR) is 92.2 cm³/mol. The van der Waals surface area contributed by atoms with Gasteiger partial charge in [-0.3, -0.25) is 4.79 Å². The van der Waals surface area contributed by atoms with Crippen LogP contribution >= 0.6 is 0 Å². The zero-order chi connectivity index (χ0) is 17.4. The molecule has 0 saturated heterocycles. The van der Waals surface area contributed by atoms with E-state index in [1.165, 1.54) is 0 Å². The quantitative estimate of drug-likeness (QED) is 0.759. The van der Waals surface area contributed by atoms with E-state index < -0.39 is 12.1 Å². The fourth-order valence-electron chi connectivity index (χ4n) is 2.03. The third-order valence-electron chi connectivity index (χ3n) is 3.37. The molecular formula is C18H21N3O3. The summed E-state index contributed by atoms with van der Waals surface area (Å²) in [6.45, 7) is 2.13. The molecule has 2 aromatic rings. The summed E-state index contributed by atoms with van der Waals surface area (Å²) >= 11 is 0. The lowest BCUT2D eigenvalue weighted by molar-refractivity contribution is -0.117. The molecule has 2 rings (SSSR count). The SMILES string of the molecule is C[C@@H](NC(=O)OCc1ccccc1)C(=O)Nc1cccc(CN)c1. The minimum Gasteiger partial charge on any atom is -0.445 e. The smallest absolute Gasteiger partial charge is 0.408 e. The van der Waals surface area contributed by atoms with Crippen LogP contribution in [0.3, 0.4) is 0 Å². The average Bonchev–Trinajstić information content (AvgIpc) is 2.61. The molecule has 0 spiro atoms. The Kier molecular flexibility index (Phi) is 6.33. The van der Waals surface area contributed by atoms with Crippen LogP contribution in [0.15, 0.2) is 54.6 Å². The highest BCUT2D eigenvalue weighted by molar-refractivity contribution is 5.96. The summed E-state index contributed by atoms with van der Waals surface area (Å²) in [7, 11) is 0. The molecule has 6 nitrogen and oxygen atoms in total. The molecule has 0 saturated carbocycles. The van der Waals surface area contributed by atoms with Crippen LogP contribution in [0.5, 0.6) is 0 Å². The van der Waals surface area contributed by atoms with E-state index >= 15 is 0 Å². The van der Waals surface area contributed by atoms with E-state index in [0.717, 1.165) is 11.1 Å². The monoisotopic (exact) mass is 327 g/mol. The van der Waals surface area contributed by atoms with Gasteiger partial charge in [-0.05, 0) is 30.2 Å². The third kappa shape index (κ3) is 5.40. The summed E-state index contributed by atoms with van der Waals surface area (Å²) in [5.41, 5.74) is 7.99. The fraction of sp³-hybridized carbons (Fsp3) is 0.222. The number of rotatable bonds is 6. The minimum absolute atomic E-state index is 0.152. The van der Waals surface area contributed by atoms with Gasteiger partial charge in [0.1, 0.15) is 12.6 Å². The number of nitrogens with two attached hydrogens (primary N) is 1. The van der Waals surface area contributed by atoms with E-state index in [9.17, 15) is 9.59 Å². The Labute approximate surface area is 141 Å². The van der Waals surface area contributed by atoms with Crippen molar-refractivity contribution in [2.24, 2.45) is 5.73 Å². The minimum atomic E-state index is -0.727. The van der Waals surface area contributed by atoms with Gasteiger partial charge in [0.05, 0.1) is 0 Å². The molecule has 0 aliphatic rings. The number of anilines is 1. The molecule has 0 radical (unpaired) electrons. The number of ether oxygens (including phenoxy) is 1. The van der Waals surface area contributed by atoms with Crippen molar-refractivity contribution >= 4 is 17.7 Å². The molecule has 0 heterocycles. The van der Waals surface area contributed by atoms with Crippen molar-refractivity contribution in [1.29, 1.82) is 0 Å². The normalized spacial score (nSPS) is 11.4. The Morgan fingerprint density at radius 3 is 2.50 bits per heavy atom. The molecule has 1 atom stereocenters. The van der Waals surface area contributed by atoms with Crippen LogP contribution in [-0.2, 0) is 22.7 Å². The van der Waals surface area contributed by atoms with Crippen molar-refractivity contribution in [2.75, 3.05) is 5.32 Å². The van der Waals surface area contributed by atoms with Crippen molar-refractivity contribution in [1.82, 2.24) is 5.32 Å². The molecule has 2 aromatic carbocycles. The van der Waals surface area contributed by atoms with Crippen molar-refractivity contribution < 1.29 is 14.3 Å². The summed E-state index contributed by atoms with van der Waals surface area (Å²) in [6, 6.07) is 15.8. The van der Waals surface area contributed by atoms with Crippen LogP contribution < -0.4 is 16.4 Å². The van der Waals surface area contributed by atoms with Crippen LogP contribution in [0, 0.1) is 0 Å². The van der Waals surface area contributed by atoms with Crippen molar-refractivity contribution in [3.63, 3.8) is 0 Å². The number of carbonyl (C=O) groups excluding carboxylic acids is 2. The first-order valence-electron chi connectivity index (χ1n) is 7.65. The van der Waals surface area contributed by atoms with Gasteiger partial charge in [0, 0.05) is 12.2 Å². The molecule has 0 bridgehead atoms. The first-order valence-corrected chi connectivity index (χ1v) is 7.65. The highest BCUT2D eigenvalue weighted by atomic mass is 16.5. The molecule has 6 heteroatoms. The van der Waals surface area contributed by atoms with Gasteiger partial charge in [-0.2, -0.15) is 0 Å². The Morgan fingerprint density at radius 1 is 1.08 bits per heavy atom. The van der Waals surface area contributed by atoms with Crippen LogP contribution in [0.25, 0.3) is 0 Å². The Hall–Kier alpha value is -2.86. The molecule has 0 aliphatic heterocycles. The topological polar surface area (TPSA) is 93.4 Å². The molecule has 2 amide bonds. The molecule has 0 aliphatic carbocycles. The van der Waals surface area contributed by atoms with Gasteiger partial charge in [-0.15, -0.1) is 0 Å². The maximum Gasteiger partial charge on any atom is 0.408 e. The van der Waals surface area contributed by atoms with E-state index in [2.05, 4.69) is 10.6 Å². The summed E-state index contributed by atoms with van der Waals surface area (Å²) in [5.74, 6) is -0.333. The van der Waals surface area contributed by atoms with Crippen LogP contribution in [0.4, 0.5) is 10.5 Å². The highest BCUT2D eigenvalue weighted by Gasteiger charge is 2.16. The molecular weight excluding hydrogens is 306 g/mol. The summed E-state index contributed by atoms with van der Waals surface area (Å²) < 4.78 is 5.09. The van der Waals surface area contributed by atoms with Gasteiger partial charge in [0.2, 0.25) is 5.91 Å². The Bertz CT molecular complexity index is 689. The van der Waals surface area contributed by atoms with Gasteiger partial charge < -0.3 is 21.1 Å². The first kappa shape index (κ1) is 17.5. The van der Waals surface area contributed by atoms with Crippen molar-refractivity contribution in [3.05, 3.63) is 65.7 Å². The number of nitrogens with one attached hydrogen (secondary N) is 2. The molecule has 0 unspecified atom stereocenters. The van der Waals surface area contributed by atoms with E-state index in [1.807, 2.05) is 42.5 Å². The summed E-state index contributed by atoms with van der Waals surface area (Å²) in [4.78, 5) is 23.9. The second-order valence-corrected chi connectivity index (χ2v) is 5.32. The Balaban J connectivity index is 1.81. The van der Waals surface area contributed by atoms with E-state index in [-0.39, 0.29) is 12.5 Å². The fourth-order valence-corrected chi connectivity index (χ4v) is 2.03. The molecule has 0 aromatic heterocycles. The standard InChI is InChI=1S/C18H21N3O3/c1-13(17(22)21-16-9-5-8-15(10-16)11-19)20-18(23)24-12-14-6-3-2-4-7-14/h2-10,13H,11-12,19H2,1H3,(H,20,23)(H,21,22)/t13-/m1/s1. The van der Waals surface area contributed by atoms with Gasteiger partial charge in [-0.25, -0.2) is 4.79 Å². The highest BCUT2D eigenvalue weighted by Crippen LogP contribution is 2.10. The lowest BCUT2D eigenvalue weighted by atomic mass is 10.2. The maximum atomic E-state index is 12.1. The number of hydrogen-bond acceptors (Lipinski definition) is 4. The summed E-state index contributed by atoms with van der Waals surface area (Å²) in [5, 5.41) is 5.23. The van der Waals surface area contributed by atoms with Crippen molar-refractivity contribution in [2.45, 2.75) is 26.1 Å². The van der Waals surface area contributed by atoms with Gasteiger partial charge >= 0.3 is 6.09 Å². The van der Waals surface area contributed by atoms with E-state index in [1.54, 1.807) is 19.1 Å². The van der Waals surface area contributed by atoms with Crippen molar-refractivity contribution in [3.8, 4) is 0 Å². The molecule has 0 fully saturated rings. The second kappa shape index (κ2) is 8.69. The van der Waals surface area contributed by atoms with E-state index in [4.69, 9.17) is 10.5 Å². The van der Waals surface area contributed by atoms with E-state index in [0.29, 0.717) is 12.2 Å². The van der Waals surface area contributed by atoms with Gasteiger partial charge in [-0.1, -0.05) is 42.5 Å². The maximum absolute atomic E-state index is 12.1. The molecule has 24 heavy (non-hydrogen) atoms. The van der Waals surface area contributed by atoms with Crippen LogP contribution in [0.1, 0.15) is 18.1 Å². The molecule has 126 valence electrons. The Morgan fingerprint density at radius 2 is 1.79 bits per heavy atom. The lowest BCUT2D eigenvalue weighted by Crippen LogP contribution is -2.41. The van der Waals surface area contributed by atoms with Gasteiger partial charge in [0.15, 0.2) is 0 Å². The number of benzene rings is 2. The van der Waals surface area contributed by atoms with Crippen LogP contribution in [-0.4, -0.2) is 18.0 Å².